The van der Waals surface area contributed by atoms with Gasteiger partial charge < -0.3 is 4.90 Å². The van der Waals surface area contributed by atoms with E-state index >= 15 is 4.39 Å². The first-order valence-corrected chi connectivity index (χ1v) is 11.4. The molecule has 0 saturated heterocycles. The molecule has 6 rings (SSSR count). The van der Waals surface area contributed by atoms with Crippen LogP contribution in [0.25, 0.3) is 16.7 Å². The van der Waals surface area contributed by atoms with Crippen molar-refractivity contribution >= 4 is 28.2 Å². The van der Waals surface area contributed by atoms with Crippen LogP contribution in [0.5, 0.6) is 0 Å². The van der Waals surface area contributed by atoms with Crippen LogP contribution in [-0.4, -0.2) is 32.6 Å². The molecular formula is C25H24F3N5. The van der Waals surface area contributed by atoms with E-state index in [1.54, 1.807) is 10.5 Å². The minimum atomic E-state index is -2.26. The number of alkyl halides is 2. The van der Waals surface area contributed by atoms with Gasteiger partial charge in [-0.05, 0) is 74.8 Å². The van der Waals surface area contributed by atoms with Gasteiger partial charge in [0.15, 0.2) is 0 Å². The lowest BCUT2D eigenvalue weighted by Crippen LogP contribution is -2.27. The number of aryl methyl sites for hydroxylation is 2. The van der Waals surface area contributed by atoms with Gasteiger partial charge in [0.05, 0.1) is 10.9 Å². The van der Waals surface area contributed by atoms with Gasteiger partial charge in [-0.1, -0.05) is 18.2 Å². The standard InChI is InChI=1S/C25H24F3N5/c1-15-30-31-24-29-22(21-18(26)7-3-9-20(21)33(15)24)32-14-4-6-17-16(5-2-8-19(17)32)10-11-25(12-13-25)23(27)28/h2-3,5,7-9,23H,4,6,10-14H2,1H3. The van der Waals surface area contributed by atoms with Crippen LogP contribution < -0.4 is 4.90 Å². The molecule has 2 aliphatic rings. The van der Waals surface area contributed by atoms with Gasteiger partial charge in [-0.15, -0.1) is 10.2 Å². The first kappa shape index (κ1) is 20.4. The Bertz CT molecular complexity index is 1380. The Hall–Kier alpha value is -3.16. The zero-order valence-corrected chi connectivity index (χ0v) is 18.4. The molecule has 2 aromatic heterocycles. The molecule has 1 aliphatic heterocycles. The first-order chi connectivity index (χ1) is 16.0. The van der Waals surface area contributed by atoms with Gasteiger partial charge in [-0.25, -0.2) is 13.2 Å². The molecule has 170 valence electrons. The Morgan fingerprint density at radius 2 is 1.91 bits per heavy atom. The third kappa shape index (κ3) is 3.18. The molecule has 0 atom stereocenters. The highest BCUT2D eigenvalue weighted by atomic mass is 19.3. The highest BCUT2D eigenvalue weighted by molar-refractivity contribution is 5.94. The molecule has 0 amide bonds. The molecule has 0 unspecified atom stereocenters. The van der Waals surface area contributed by atoms with Crippen LogP contribution in [0.3, 0.4) is 0 Å². The smallest absolute Gasteiger partial charge is 0.257 e. The molecule has 0 spiro atoms. The summed E-state index contributed by atoms with van der Waals surface area (Å²) >= 11 is 0. The minimum absolute atomic E-state index is 0.346. The fraction of sp³-hybridized carbons (Fsp3) is 0.400. The zero-order chi connectivity index (χ0) is 22.7. The summed E-state index contributed by atoms with van der Waals surface area (Å²) in [6.45, 7) is 2.51. The maximum atomic E-state index is 15.2. The highest BCUT2D eigenvalue weighted by Gasteiger charge is 2.50. The largest absolute Gasteiger partial charge is 0.325 e. The summed E-state index contributed by atoms with van der Waals surface area (Å²) in [5, 5.41) is 8.76. The third-order valence-electron chi connectivity index (χ3n) is 7.32. The number of benzene rings is 2. The van der Waals surface area contributed by atoms with Crippen LogP contribution in [0.1, 0.15) is 42.6 Å². The number of rotatable bonds is 5. The van der Waals surface area contributed by atoms with Crippen molar-refractivity contribution in [3.8, 4) is 0 Å². The maximum Gasteiger partial charge on any atom is 0.257 e. The molecule has 1 aliphatic carbocycles. The summed E-state index contributed by atoms with van der Waals surface area (Å²) in [5.41, 5.74) is 3.10. The lowest BCUT2D eigenvalue weighted by atomic mass is 9.90. The summed E-state index contributed by atoms with van der Waals surface area (Å²) in [5.74, 6) is 1.25. The SMILES string of the molecule is Cc1nnc2nc(N3CCCc4c(CCC5(C(F)F)CC5)cccc43)c3c(F)cccc3n12. The van der Waals surface area contributed by atoms with E-state index in [1.165, 1.54) is 6.07 Å². The van der Waals surface area contributed by atoms with Gasteiger partial charge in [0.2, 0.25) is 6.43 Å². The summed E-state index contributed by atoms with van der Waals surface area (Å²) in [7, 11) is 0. The molecule has 8 heteroatoms. The van der Waals surface area contributed by atoms with Crippen molar-refractivity contribution < 1.29 is 13.2 Å². The van der Waals surface area contributed by atoms with Crippen LogP contribution in [0.2, 0.25) is 0 Å². The average molecular weight is 451 g/mol. The van der Waals surface area contributed by atoms with Gasteiger partial charge in [0.1, 0.15) is 17.5 Å². The monoisotopic (exact) mass is 451 g/mol. The van der Waals surface area contributed by atoms with E-state index in [2.05, 4.69) is 15.1 Å². The average Bonchev–Trinajstić information content (AvgIpc) is 3.53. The molecule has 1 fully saturated rings. The Kier molecular flexibility index (Phi) is 4.61. The Morgan fingerprint density at radius 3 is 2.70 bits per heavy atom. The minimum Gasteiger partial charge on any atom is -0.325 e. The first-order valence-electron chi connectivity index (χ1n) is 11.4. The van der Waals surface area contributed by atoms with Crippen molar-refractivity contribution in [2.75, 3.05) is 11.4 Å². The van der Waals surface area contributed by atoms with Crippen LogP contribution in [0.4, 0.5) is 24.7 Å². The second-order valence-electron chi connectivity index (χ2n) is 9.29. The predicted molar refractivity (Wildman–Crippen MR) is 121 cm³/mol. The molecule has 0 bridgehead atoms. The number of aromatic nitrogens is 4. The third-order valence-corrected chi connectivity index (χ3v) is 7.32. The molecule has 0 N–H and O–H groups in total. The number of halogens is 3. The summed E-state index contributed by atoms with van der Waals surface area (Å²) in [6, 6.07) is 11.0. The maximum absolute atomic E-state index is 15.2. The fourth-order valence-electron chi connectivity index (χ4n) is 5.24. The van der Waals surface area contributed by atoms with E-state index in [4.69, 9.17) is 4.98 Å². The fourth-order valence-corrected chi connectivity index (χ4v) is 5.24. The second kappa shape index (κ2) is 7.43. The van der Waals surface area contributed by atoms with E-state index in [1.807, 2.05) is 31.2 Å². The molecule has 3 heterocycles. The number of nitrogens with zero attached hydrogens (tertiary/aromatic N) is 5. The molecule has 5 nitrogen and oxygen atoms in total. The highest BCUT2D eigenvalue weighted by Crippen LogP contribution is 2.54. The van der Waals surface area contributed by atoms with Gasteiger partial charge >= 0.3 is 0 Å². The number of anilines is 2. The van der Waals surface area contributed by atoms with E-state index in [0.717, 1.165) is 29.7 Å². The van der Waals surface area contributed by atoms with Crippen molar-refractivity contribution in [3.05, 3.63) is 59.2 Å². The number of hydrogen-bond donors (Lipinski definition) is 0. The van der Waals surface area contributed by atoms with Gasteiger partial charge in [0, 0.05) is 17.6 Å². The molecular weight excluding hydrogens is 427 g/mol. The van der Waals surface area contributed by atoms with Gasteiger partial charge in [-0.2, -0.15) is 4.98 Å². The topological polar surface area (TPSA) is 46.3 Å². The van der Waals surface area contributed by atoms with Crippen molar-refractivity contribution in [3.63, 3.8) is 0 Å². The Morgan fingerprint density at radius 1 is 1.09 bits per heavy atom. The molecule has 33 heavy (non-hydrogen) atoms. The van der Waals surface area contributed by atoms with E-state index in [-0.39, 0.29) is 5.82 Å². The summed E-state index contributed by atoms with van der Waals surface area (Å²) in [6.07, 6.45) is 1.84. The predicted octanol–water partition coefficient (Wildman–Crippen LogP) is 5.79. The van der Waals surface area contributed by atoms with Crippen molar-refractivity contribution in [1.82, 2.24) is 19.6 Å². The second-order valence-corrected chi connectivity index (χ2v) is 9.29. The van der Waals surface area contributed by atoms with E-state index in [9.17, 15) is 8.78 Å². The Labute approximate surface area is 189 Å². The van der Waals surface area contributed by atoms with Crippen molar-refractivity contribution in [2.45, 2.75) is 51.9 Å². The number of fused-ring (bicyclic) bond motifs is 4. The molecule has 1 saturated carbocycles. The van der Waals surface area contributed by atoms with Crippen LogP contribution in [0.15, 0.2) is 36.4 Å². The van der Waals surface area contributed by atoms with Crippen molar-refractivity contribution in [1.29, 1.82) is 0 Å². The normalized spacial score (nSPS) is 17.2. The molecule has 2 aromatic carbocycles. The van der Waals surface area contributed by atoms with Crippen LogP contribution >= 0.6 is 0 Å². The van der Waals surface area contributed by atoms with Gasteiger partial charge in [0.25, 0.3) is 5.78 Å². The lowest BCUT2D eigenvalue weighted by molar-refractivity contribution is 0.0566. The summed E-state index contributed by atoms with van der Waals surface area (Å²) < 4.78 is 43.8. The van der Waals surface area contributed by atoms with E-state index in [0.29, 0.717) is 60.6 Å². The molecule has 4 aromatic rings. The summed E-state index contributed by atoms with van der Waals surface area (Å²) in [4.78, 5) is 6.79. The van der Waals surface area contributed by atoms with E-state index < -0.39 is 11.8 Å². The van der Waals surface area contributed by atoms with Crippen LogP contribution in [-0.2, 0) is 12.8 Å². The Balaban J connectivity index is 1.46. The lowest BCUT2D eigenvalue weighted by Gasteiger charge is -2.33. The quantitative estimate of drug-likeness (QED) is 0.386. The number of hydrogen-bond acceptors (Lipinski definition) is 4. The van der Waals surface area contributed by atoms with Crippen molar-refractivity contribution in [2.24, 2.45) is 5.41 Å². The van der Waals surface area contributed by atoms with Gasteiger partial charge in [-0.3, -0.25) is 4.40 Å². The molecule has 0 radical (unpaired) electrons. The van der Waals surface area contributed by atoms with Crippen LogP contribution in [0, 0.1) is 18.2 Å². The zero-order valence-electron chi connectivity index (χ0n) is 18.4.